The standard InChI is InChI=1S/C26H32N4O3/c1-16(2)24(29-25(31)17(3)27)26(32)30-12-4-5-21(30)13-20-15-33-23-7-6-19(14-22(20)23)18-8-10-28-11-9-18/h6-11,14-17,21,24H,4-5,12-13,27H2,1-3H3,(H,29,31)/t17-,21-,24-/m0/s1. The summed E-state index contributed by atoms with van der Waals surface area (Å²) in [5.41, 5.74) is 9.84. The van der Waals surface area contributed by atoms with Crippen LogP contribution in [0.3, 0.4) is 0 Å². The van der Waals surface area contributed by atoms with Gasteiger partial charge in [0.05, 0.1) is 12.3 Å². The summed E-state index contributed by atoms with van der Waals surface area (Å²) in [6.07, 6.45) is 7.96. The number of nitrogens with zero attached hydrogens (tertiary/aromatic N) is 2. The highest BCUT2D eigenvalue weighted by Gasteiger charge is 2.36. The highest BCUT2D eigenvalue weighted by atomic mass is 16.3. The van der Waals surface area contributed by atoms with Crippen molar-refractivity contribution in [1.82, 2.24) is 15.2 Å². The lowest BCUT2D eigenvalue weighted by molar-refractivity contribution is -0.138. The van der Waals surface area contributed by atoms with E-state index in [4.69, 9.17) is 10.2 Å². The molecule has 3 aromatic rings. The van der Waals surface area contributed by atoms with Crippen LogP contribution in [0, 0.1) is 5.92 Å². The maximum absolute atomic E-state index is 13.4. The molecule has 4 rings (SSSR count). The monoisotopic (exact) mass is 448 g/mol. The van der Waals surface area contributed by atoms with Crippen molar-refractivity contribution in [2.24, 2.45) is 11.7 Å². The number of carbonyl (C=O) groups excluding carboxylic acids is 2. The van der Waals surface area contributed by atoms with Crippen LogP contribution in [0.2, 0.25) is 0 Å². The SMILES string of the molecule is CC(C)[C@H](NC(=O)[C@H](C)N)C(=O)N1CCC[C@H]1Cc1coc2ccc(-c3ccncc3)cc12. The van der Waals surface area contributed by atoms with Crippen LogP contribution in [-0.2, 0) is 16.0 Å². The van der Waals surface area contributed by atoms with Crippen LogP contribution >= 0.6 is 0 Å². The minimum atomic E-state index is -0.652. The maximum atomic E-state index is 13.4. The van der Waals surface area contributed by atoms with Gasteiger partial charge in [-0.3, -0.25) is 14.6 Å². The van der Waals surface area contributed by atoms with E-state index < -0.39 is 12.1 Å². The van der Waals surface area contributed by atoms with Crippen molar-refractivity contribution in [3.63, 3.8) is 0 Å². The molecule has 1 fully saturated rings. The first-order valence-corrected chi connectivity index (χ1v) is 11.6. The Labute approximate surface area is 194 Å². The Morgan fingerprint density at radius 3 is 2.64 bits per heavy atom. The highest BCUT2D eigenvalue weighted by Crippen LogP contribution is 2.31. The number of nitrogens with two attached hydrogens (primary N) is 1. The van der Waals surface area contributed by atoms with Crippen LogP contribution in [-0.4, -0.2) is 46.4 Å². The average molecular weight is 449 g/mol. The number of benzene rings is 1. The molecule has 0 radical (unpaired) electrons. The Hall–Kier alpha value is -3.19. The Morgan fingerprint density at radius 2 is 1.94 bits per heavy atom. The molecule has 33 heavy (non-hydrogen) atoms. The van der Waals surface area contributed by atoms with Crippen LogP contribution in [0.4, 0.5) is 0 Å². The second-order valence-electron chi connectivity index (χ2n) is 9.26. The van der Waals surface area contributed by atoms with E-state index in [0.717, 1.165) is 40.5 Å². The van der Waals surface area contributed by atoms with Gasteiger partial charge in [0.2, 0.25) is 11.8 Å². The van der Waals surface area contributed by atoms with Crippen molar-refractivity contribution in [3.8, 4) is 11.1 Å². The van der Waals surface area contributed by atoms with E-state index in [0.29, 0.717) is 13.0 Å². The van der Waals surface area contributed by atoms with Gasteiger partial charge in [-0.1, -0.05) is 19.9 Å². The third-order valence-corrected chi connectivity index (χ3v) is 6.43. The van der Waals surface area contributed by atoms with E-state index in [-0.39, 0.29) is 23.8 Å². The summed E-state index contributed by atoms with van der Waals surface area (Å²) < 4.78 is 5.82. The summed E-state index contributed by atoms with van der Waals surface area (Å²) in [7, 11) is 0. The Kier molecular flexibility index (Phi) is 6.79. The molecule has 7 heteroatoms. The summed E-state index contributed by atoms with van der Waals surface area (Å²) in [5, 5.41) is 3.91. The zero-order chi connectivity index (χ0) is 23.5. The molecule has 0 spiro atoms. The normalized spacial score (nSPS) is 18.0. The summed E-state index contributed by atoms with van der Waals surface area (Å²) in [6, 6.07) is 8.99. The van der Waals surface area contributed by atoms with Gasteiger partial charge in [-0.15, -0.1) is 0 Å². The van der Waals surface area contributed by atoms with Crippen LogP contribution in [0.1, 0.15) is 39.2 Å². The van der Waals surface area contributed by atoms with E-state index in [1.54, 1.807) is 25.6 Å². The molecule has 3 atom stereocenters. The lowest BCUT2D eigenvalue weighted by Crippen LogP contribution is -2.55. The number of fused-ring (bicyclic) bond motifs is 1. The number of aromatic nitrogens is 1. The molecule has 7 nitrogen and oxygen atoms in total. The van der Waals surface area contributed by atoms with Crippen LogP contribution in [0.15, 0.2) is 53.4 Å². The number of carbonyl (C=O) groups is 2. The lowest BCUT2D eigenvalue weighted by atomic mass is 9.98. The molecule has 3 N–H and O–H groups in total. The fraction of sp³-hybridized carbons (Fsp3) is 0.423. The van der Waals surface area contributed by atoms with Crippen LogP contribution < -0.4 is 11.1 Å². The van der Waals surface area contributed by atoms with E-state index >= 15 is 0 Å². The third-order valence-electron chi connectivity index (χ3n) is 6.43. The molecule has 3 heterocycles. The van der Waals surface area contributed by atoms with E-state index in [1.807, 2.05) is 43.0 Å². The van der Waals surface area contributed by atoms with Crippen molar-refractivity contribution in [1.29, 1.82) is 0 Å². The summed E-state index contributed by atoms with van der Waals surface area (Å²) in [6.45, 7) is 6.21. The predicted octanol–water partition coefficient (Wildman–Crippen LogP) is 3.52. The second-order valence-corrected chi connectivity index (χ2v) is 9.26. The number of hydrogen-bond acceptors (Lipinski definition) is 5. The molecule has 1 aliphatic heterocycles. The molecule has 1 aliphatic rings. The fourth-order valence-corrected chi connectivity index (χ4v) is 4.53. The van der Waals surface area contributed by atoms with Crippen molar-refractivity contribution in [2.45, 2.75) is 58.2 Å². The minimum absolute atomic E-state index is 0.0286. The number of furan rings is 1. The van der Waals surface area contributed by atoms with Gasteiger partial charge in [0.15, 0.2) is 0 Å². The maximum Gasteiger partial charge on any atom is 0.245 e. The van der Waals surface area contributed by atoms with Crippen molar-refractivity contribution in [3.05, 3.63) is 54.6 Å². The van der Waals surface area contributed by atoms with E-state index in [1.165, 1.54) is 0 Å². The lowest BCUT2D eigenvalue weighted by Gasteiger charge is -2.31. The first kappa shape index (κ1) is 23.0. The molecule has 0 bridgehead atoms. The molecule has 174 valence electrons. The number of rotatable bonds is 7. The molecule has 0 aliphatic carbocycles. The molecule has 2 amide bonds. The third kappa shape index (κ3) is 4.93. The largest absolute Gasteiger partial charge is 0.464 e. The molecule has 0 unspecified atom stereocenters. The quantitative estimate of drug-likeness (QED) is 0.576. The van der Waals surface area contributed by atoms with Crippen molar-refractivity contribution >= 4 is 22.8 Å². The van der Waals surface area contributed by atoms with Gasteiger partial charge in [-0.2, -0.15) is 0 Å². The number of hydrogen-bond donors (Lipinski definition) is 2. The Bertz CT molecular complexity index is 1120. The van der Waals surface area contributed by atoms with Crippen LogP contribution in [0.25, 0.3) is 22.1 Å². The first-order valence-electron chi connectivity index (χ1n) is 11.6. The van der Waals surface area contributed by atoms with E-state index in [2.05, 4.69) is 16.4 Å². The fourth-order valence-electron chi connectivity index (χ4n) is 4.53. The molecule has 1 aromatic carbocycles. The topological polar surface area (TPSA) is 101 Å². The Morgan fingerprint density at radius 1 is 1.18 bits per heavy atom. The van der Waals surface area contributed by atoms with Gasteiger partial charge in [0.25, 0.3) is 0 Å². The summed E-state index contributed by atoms with van der Waals surface area (Å²) in [5.74, 6) is -0.367. The van der Waals surface area contributed by atoms with Gasteiger partial charge in [0.1, 0.15) is 11.6 Å². The number of amides is 2. The zero-order valence-electron chi connectivity index (χ0n) is 19.5. The average Bonchev–Trinajstić information content (AvgIpc) is 3.44. The summed E-state index contributed by atoms with van der Waals surface area (Å²) in [4.78, 5) is 31.6. The molecular weight excluding hydrogens is 416 g/mol. The van der Waals surface area contributed by atoms with Gasteiger partial charge in [-0.25, -0.2) is 0 Å². The van der Waals surface area contributed by atoms with Crippen molar-refractivity contribution in [2.75, 3.05) is 6.54 Å². The van der Waals surface area contributed by atoms with Gasteiger partial charge >= 0.3 is 0 Å². The predicted molar refractivity (Wildman–Crippen MR) is 128 cm³/mol. The molecule has 1 saturated heterocycles. The second kappa shape index (κ2) is 9.75. The van der Waals surface area contributed by atoms with E-state index in [9.17, 15) is 9.59 Å². The highest BCUT2D eigenvalue weighted by molar-refractivity contribution is 5.90. The molecule has 0 saturated carbocycles. The molecular formula is C26H32N4O3. The Balaban J connectivity index is 1.55. The number of likely N-dealkylation sites (tertiary alicyclic amines) is 1. The molecule has 2 aromatic heterocycles. The zero-order valence-corrected chi connectivity index (χ0v) is 19.5. The number of nitrogens with one attached hydrogen (secondary N) is 1. The van der Waals surface area contributed by atoms with Gasteiger partial charge < -0.3 is 20.4 Å². The van der Waals surface area contributed by atoms with Crippen LogP contribution in [0.5, 0.6) is 0 Å². The first-order chi connectivity index (χ1) is 15.8. The summed E-state index contributed by atoms with van der Waals surface area (Å²) >= 11 is 0. The minimum Gasteiger partial charge on any atom is -0.464 e. The van der Waals surface area contributed by atoms with Crippen molar-refractivity contribution < 1.29 is 14.0 Å². The number of pyridine rings is 1. The van der Waals surface area contributed by atoms with Gasteiger partial charge in [-0.05, 0) is 67.5 Å². The smallest absolute Gasteiger partial charge is 0.245 e. The van der Waals surface area contributed by atoms with Gasteiger partial charge in [0, 0.05) is 35.9 Å².